The molecule has 1 aromatic carbocycles. The fraction of sp³-hybridized carbons (Fsp3) is 0.429. The Morgan fingerprint density at radius 2 is 2.00 bits per heavy atom. The topological polar surface area (TPSA) is 32.3 Å². The standard InChI is InChI=1S/C14H18N2OS/c1-3-11-4-6-13(7-5-11)15-14(18)16-8-12(9-16)10(2)17/h4-7,12H,3,8-9H2,1-2H3,(H,15,18). The number of hydrogen-bond donors (Lipinski definition) is 1. The van der Waals surface area contributed by atoms with Crippen LogP contribution < -0.4 is 5.32 Å². The maximum absolute atomic E-state index is 11.1. The molecule has 0 aromatic heterocycles. The predicted octanol–water partition coefficient (Wildman–Crippen LogP) is 2.47. The second-order valence-electron chi connectivity index (χ2n) is 4.69. The van der Waals surface area contributed by atoms with Gasteiger partial charge in [0.2, 0.25) is 0 Å². The summed E-state index contributed by atoms with van der Waals surface area (Å²) in [5, 5.41) is 3.91. The number of ketones is 1. The largest absolute Gasteiger partial charge is 0.347 e. The number of nitrogens with one attached hydrogen (secondary N) is 1. The molecule has 1 heterocycles. The third-order valence-electron chi connectivity index (χ3n) is 3.36. The highest BCUT2D eigenvalue weighted by Crippen LogP contribution is 2.18. The van der Waals surface area contributed by atoms with Gasteiger partial charge in [-0.05, 0) is 43.3 Å². The molecule has 0 spiro atoms. The van der Waals surface area contributed by atoms with Crippen LogP contribution in [0.25, 0.3) is 0 Å². The van der Waals surface area contributed by atoms with Crippen LogP contribution in [0.5, 0.6) is 0 Å². The monoisotopic (exact) mass is 262 g/mol. The highest BCUT2D eigenvalue weighted by atomic mass is 32.1. The molecule has 0 aliphatic carbocycles. The second kappa shape index (κ2) is 5.48. The Balaban J connectivity index is 1.86. The Bertz CT molecular complexity index is 449. The molecule has 0 saturated carbocycles. The average Bonchev–Trinajstić information content (AvgIpc) is 2.27. The molecule has 96 valence electrons. The third kappa shape index (κ3) is 2.88. The van der Waals surface area contributed by atoms with Crippen LogP contribution in [-0.2, 0) is 11.2 Å². The zero-order valence-electron chi connectivity index (χ0n) is 10.8. The fourth-order valence-electron chi connectivity index (χ4n) is 1.93. The highest BCUT2D eigenvalue weighted by Gasteiger charge is 2.31. The van der Waals surface area contributed by atoms with Crippen LogP contribution in [0.15, 0.2) is 24.3 Å². The number of carbonyl (C=O) groups is 1. The zero-order valence-corrected chi connectivity index (χ0v) is 11.6. The van der Waals surface area contributed by atoms with Crippen molar-refractivity contribution < 1.29 is 4.79 Å². The van der Waals surface area contributed by atoms with E-state index in [1.54, 1.807) is 6.92 Å². The van der Waals surface area contributed by atoms with Crippen molar-refractivity contribution in [1.29, 1.82) is 0 Å². The number of Topliss-reactive ketones (excluding diaryl/α,β-unsaturated/α-hetero) is 1. The minimum Gasteiger partial charge on any atom is -0.347 e. The predicted molar refractivity (Wildman–Crippen MR) is 77.8 cm³/mol. The molecule has 0 unspecified atom stereocenters. The summed E-state index contributed by atoms with van der Waals surface area (Å²) in [6, 6.07) is 8.26. The van der Waals surface area contributed by atoms with Gasteiger partial charge in [0, 0.05) is 18.8 Å². The van der Waals surface area contributed by atoms with Gasteiger partial charge in [-0.1, -0.05) is 19.1 Å². The average molecular weight is 262 g/mol. The van der Waals surface area contributed by atoms with Crippen molar-refractivity contribution in [3.63, 3.8) is 0 Å². The van der Waals surface area contributed by atoms with E-state index in [1.807, 2.05) is 17.0 Å². The Hall–Kier alpha value is -1.42. The maximum Gasteiger partial charge on any atom is 0.173 e. The Labute approximate surface area is 113 Å². The van der Waals surface area contributed by atoms with E-state index in [2.05, 4.69) is 24.4 Å². The Kier molecular flexibility index (Phi) is 3.97. The number of nitrogens with zero attached hydrogens (tertiary/aromatic N) is 1. The van der Waals surface area contributed by atoms with Crippen molar-refractivity contribution in [2.45, 2.75) is 20.3 Å². The van der Waals surface area contributed by atoms with Gasteiger partial charge >= 0.3 is 0 Å². The molecule has 1 aliphatic rings. The van der Waals surface area contributed by atoms with Gasteiger partial charge < -0.3 is 10.2 Å². The summed E-state index contributed by atoms with van der Waals surface area (Å²) in [7, 11) is 0. The van der Waals surface area contributed by atoms with Gasteiger partial charge in [0.1, 0.15) is 5.78 Å². The smallest absolute Gasteiger partial charge is 0.173 e. The number of benzene rings is 1. The number of rotatable bonds is 3. The van der Waals surface area contributed by atoms with Gasteiger partial charge in [0.25, 0.3) is 0 Å². The summed E-state index contributed by atoms with van der Waals surface area (Å²) in [4.78, 5) is 13.2. The van der Waals surface area contributed by atoms with Crippen molar-refractivity contribution in [1.82, 2.24) is 4.90 Å². The van der Waals surface area contributed by atoms with Crippen molar-refractivity contribution >= 4 is 28.8 Å². The molecule has 1 fully saturated rings. The van der Waals surface area contributed by atoms with Crippen molar-refractivity contribution in [3.8, 4) is 0 Å². The number of likely N-dealkylation sites (tertiary alicyclic amines) is 1. The number of hydrogen-bond acceptors (Lipinski definition) is 2. The summed E-state index contributed by atoms with van der Waals surface area (Å²) in [6.07, 6.45) is 1.04. The second-order valence-corrected chi connectivity index (χ2v) is 5.08. The lowest BCUT2D eigenvalue weighted by Gasteiger charge is -2.39. The van der Waals surface area contributed by atoms with E-state index in [-0.39, 0.29) is 11.7 Å². The molecule has 1 aliphatic heterocycles. The molecular weight excluding hydrogens is 244 g/mol. The van der Waals surface area contributed by atoms with Crippen LogP contribution in [0.4, 0.5) is 5.69 Å². The SMILES string of the molecule is CCc1ccc(NC(=S)N2CC(C(C)=O)C2)cc1. The molecule has 1 N–H and O–H groups in total. The normalized spacial score (nSPS) is 15.1. The van der Waals surface area contributed by atoms with Crippen LogP contribution >= 0.6 is 12.2 Å². The molecule has 4 heteroatoms. The van der Waals surface area contributed by atoms with Crippen LogP contribution in [-0.4, -0.2) is 28.9 Å². The Morgan fingerprint density at radius 3 is 2.50 bits per heavy atom. The van der Waals surface area contributed by atoms with E-state index in [0.717, 1.165) is 25.2 Å². The summed E-state index contributed by atoms with van der Waals surface area (Å²) in [5.74, 6) is 0.411. The van der Waals surface area contributed by atoms with E-state index in [0.29, 0.717) is 5.11 Å². The number of carbonyl (C=O) groups excluding carboxylic acids is 1. The molecule has 1 aromatic rings. The molecule has 1 saturated heterocycles. The molecule has 0 radical (unpaired) electrons. The van der Waals surface area contributed by atoms with E-state index < -0.39 is 0 Å². The summed E-state index contributed by atoms with van der Waals surface area (Å²) in [5.41, 5.74) is 2.32. The van der Waals surface area contributed by atoms with E-state index in [4.69, 9.17) is 12.2 Å². The van der Waals surface area contributed by atoms with Crippen LogP contribution in [0.1, 0.15) is 19.4 Å². The molecule has 0 amide bonds. The van der Waals surface area contributed by atoms with E-state index >= 15 is 0 Å². The molecule has 3 nitrogen and oxygen atoms in total. The molecule has 2 rings (SSSR count). The lowest BCUT2D eigenvalue weighted by atomic mass is 9.97. The van der Waals surface area contributed by atoms with Crippen LogP contribution in [0.2, 0.25) is 0 Å². The Morgan fingerprint density at radius 1 is 1.39 bits per heavy atom. The lowest BCUT2D eigenvalue weighted by Crippen LogP contribution is -2.53. The zero-order chi connectivity index (χ0) is 13.1. The number of aryl methyl sites for hydroxylation is 1. The van der Waals surface area contributed by atoms with Gasteiger partial charge in [0.05, 0.1) is 5.92 Å². The minimum atomic E-state index is 0.159. The lowest BCUT2D eigenvalue weighted by molar-refractivity contribution is -0.124. The van der Waals surface area contributed by atoms with Gasteiger partial charge in [-0.2, -0.15) is 0 Å². The maximum atomic E-state index is 11.1. The van der Waals surface area contributed by atoms with Crippen molar-refractivity contribution in [2.75, 3.05) is 18.4 Å². The number of anilines is 1. The van der Waals surface area contributed by atoms with E-state index in [1.165, 1.54) is 5.56 Å². The summed E-state index contributed by atoms with van der Waals surface area (Å²) < 4.78 is 0. The van der Waals surface area contributed by atoms with Gasteiger partial charge in [-0.15, -0.1) is 0 Å². The quantitative estimate of drug-likeness (QED) is 0.848. The first kappa shape index (κ1) is 13.0. The highest BCUT2D eigenvalue weighted by molar-refractivity contribution is 7.80. The third-order valence-corrected chi connectivity index (χ3v) is 3.72. The first-order chi connectivity index (χ1) is 8.60. The van der Waals surface area contributed by atoms with Crippen LogP contribution in [0.3, 0.4) is 0 Å². The summed E-state index contributed by atoms with van der Waals surface area (Å²) in [6.45, 7) is 5.26. The number of thiocarbonyl (C=S) groups is 1. The molecule has 0 bridgehead atoms. The van der Waals surface area contributed by atoms with E-state index in [9.17, 15) is 4.79 Å². The summed E-state index contributed by atoms with van der Waals surface area (Å²) >= 11 is 5.31. The van der Waals surface area contributed by atoms with Gasteiger partial charge in [0.15, 0.2) is 5.11 Å². The first-order valence-electron chi connectivity index (χ1n) is 6.25. The molecule has 18 heavy (non-hydrogen) atoms. The van der Waals surface area contributed by atoms with Crippen molar-refractivity contribution in [3.05, 3.63) is 29.8 Å². The first-order valence-corrected chi connectivity index (χ1v) is 6.66. The van der Waals surface area contributed by atoms with Gasteiger partial charge in [-0.25, -0.2) is 0 Å². The minimum absolute atomic E-state index is 0.159. The van der Waals surface area contributed by atoms with Crippen LogP contribution in [0, 0.1) is 5.92 Å². The molecule has 0 atom stereocenters. The fourth-order valence-corrected chi connectivity index (χ4v) is 2.19. The molecular formula is C14H18N2OS. The van der Waals surface area contributed by atoms with Crippen molar-refractivity contribution in [2.24, 2.45) is 5.92 Å². The van der Waals surface area contributed by atoms with Gasteiger partial charge in [-0.3, -0.25) is 4.79 Å².